The molecule has 1 aliphatic heterocycles. The van der Waals surface area contributed by atoms with E-state index in [1.165, 1.54) is 14.0 Å². The van der Waals surface area contributed by atoms with Gasteiger partial charge >= 0.3 is 0 Å². The molecular weight excluding hydrogens is 2270 g/mol. The third kappa shape index (κ3) is 28.4. The largest absolute Gasteiger partial charge is 0.497 e. The zero-order chi connectivity index (χ0) is 93.0. The Morgan fingerprint density at radius 3 is 1.03 bits per heavy atom. The molecule has 14 rings (SSSR count). The van der Waals surface area contributed by atoms with Crippen LogP contribution < -0.4 is 23.7 Å². The Kier molecular flexibility index (Phi) is 35.5. The standard InChI is InChI=1S/C18H11Cl6N3O2.C16H9Cl6N3O.C15H7Cl6N3.C14H9Cl6N3O.C12H5Cl6N3O2/c1-8(28)9-3-4-10-12(7-9)11(5-6-13(10)29-2)14-25-15(17(19,20)21)27-16(26-14)18(22,23)24;1-26-11-7-6-10(8-4-2-3-5-9(8)11)12-23-13(15(17,18)19)25-14(24-12)16(20,21)22;16-14(17,18)12-22-11(23-13(24-12)15(19,20)21)10-6-5-8-3-1-2-4-9(8)7-10;1-24-9-5-2-8(3-6-9)4-7-10-21-11(13(15,16)17)23-12(22-10)14(18,19)20;13-11(14,15)9-19-8(20-10(21-9)12(16,17)18)5-1-2-6-7(3-5)23-4-22-6/h3-7H,1-2H3;2-7H,1H3;1-7H;2-7H,1H3;1-3H,4H2/b;;;7-4+;. The average molecular weight is 2310 g/mol. The quantitative estimate of drug-likeness (QED) is 0.0910. The third-order valence-corrected chi connectivity index (χ3v) is 21.2. The number of methoxy groups -OCH3 is 3. The van der Waals surface area contributed by atoms with Gasteiger partial charge < -0.3 is 23.7 Å². The van der Waals surface area contributed by atoms with Gasteiger partial charge in [-0.1, -0.05) is 433 Å². The first-order valence-electron chi connectivity index (χ1n) is 33.8. The highest BCUT2D eigenvalue weighted by atomic mass is 35.6. The molecule has 0 atom stereocenters. The zero-order valence-electron chi connectivity index (χ0n) is 62.3. The van der Waals surface area contributed by atoms with Crippen LogP contribution in [0.25, 0.3) is 90.0 Å². The second-order valence-corrected chi connectivity index (χ2v) is 47.6. The van der Waals surface area contributed by atoms with E-state index < -0.39 is 37.9 Å². The van der Waals surface area contributed by atoms with Gasteiger partial charge in [0.15, 0.2) is 105 Å². The number of ether oxygens (including phenoxy) is 5. The number of ketones is 1. The molecule has 21 nitrogen and oxygen atoms in total. The zero-order valence-corrected chi connectivity index (χ0v) is 85.0. The fourth-order valence-corrected chi connectivity index (χ4v) is 13.1. The molecule has 0 saturated heterocycles. The molecule has 5 aromatic heterocycles. The maximum Gasteiger partial charge on any atom is 0.250 e. The van der Waals surface area contributed by atoms with E-state index in [4.69, 9.17) is 372 Å². The van der Waals surface area contributed by atoms with Gasteiger partial charge in [0.05, 0.1) is 21.3 Å². The Hall–Kier alpha value is -3.30. The molecule has 0 fully saturated rings. The molecular formula is C75H41Cl30N15O6. The average Bonchev–Trinajstić information content (AvgIpc) is 0.827. The lowest BCUT2D eigenvalue weighted by atomic mass is 9.99. The number of carbonyl (C=O) groups excluding carboxylic acids is 1. The first-order valence-corrected chi connectivity index (χ1v) is 45.2. The molecule has 126 heavy (non-hydrogen) atoms. The van der Waals surface area contributed by atoms with Gasteiger partial charge in [-0.05, 0) is 113 Å². The van der Waals surface area contributed by atoms with Gasteiger partial charge in [0.2, 0.25) is 44.7 Å². The Morgan fingerprint density at radius 2 is 0.643 bits per heavy atom. The summed E-state index contributed by atoms with van der Waals surface area (Å²) >= 11 is 177. The minimum absolute atomic E-state index is 0.107. The summed E-state index contributed by atoms with van der Waals surface area (Å²) < 4.78 is 7.35. The van der Waals surface area contributed by atoms with Crippen molar-refractivity contribution in [2.75, 3.05) is 28.1 Å². The molecule has 0 amide bonds. The number of aromatic nitrogens is 15. The number of halogens is 30. The second kappa shape index (κ2) is 42.7. The van der Waals surface area contributed by atoms with Gasteiger partial charge in [-0.2, -0.15) is 0 Å². The van der Waals surface area contributed by atoms with Gasteiger partial charge in [0.25, 0.3) is 0 Å². The van der Waals surface area contributed by atoms with Gasteiger partial charge in [-0.15, -0.1) is 0 Å². The SMILES string of the molecule is COc1ccc(-c2nc(C(Cl)(Cl)Cl)nc(C(Cl)(Cl)Cl)n2)c2cc(C(C)=O)ccc12.COc1ccc(-c2nc(C(Cl)(Cl)Cl)nc(C(Cl)(Cl)Cl)n2)c2ccccc12.COc1ccc(/C=C/c2nc(C(Cl)(Cl)Cl)nc(C(Cl)(Cl)Cl)n2)cc1.ClC(Cl)(Cl)c1nc(-c2ccc3c(c2)OCO3)nc(C(Cl)(Cl)Cl)n1.ClC(Cl)(Cl)c1nc(-c2ccc3ccccc3c2)nc(C(Cl)(Cl)Cl)n1. The van der Waals surface area contributed by atoms with Crippen LogP contribution in [0, 0.1) is 0 Å². The van der Waals surface area contributed by atoms with E-state index in [0.29, 0.717) is 56.2 Å². The van der Waals surface area contributed by atoms with Crippen LogP contribution in [-0.2, 0) is 37.9 Å². The third-order valence-electron chi connectivity index (χ3n) is 16.1. The Morgan fingerprint density at radius 1 is 0.302 bits per heavy atom. The van der Waals surface area contributed by atoms with E-state index in [1.54, 1.807) is 87.0 Å². The lowest BCUT2D eigenvalue weighted by Gasteiger charge is -2.17. The summed E-state index contributed by atoms with van der Waals surface area (Å²) in [5.74, 6) is 2.43. The Balaban J connectivity index is 0.000000165. The molecule has 0 saturated carbocycles. The lowest BCUT2D eigenvalue weighted by molar-refractivity contribution is 0.101. The maximum atomic E-state index is 11.9. The molecule has 0 spiro atoms. The van der Waals surface area contributed by atoms with Crippen molar-refractivity contribution in [1.82, 2.24) is 74.8 Å². The minimum atomic E-state index is -1.98. The van der Waals surface area contributed by atoms with Crippen LogP contribution in [0.3, 0.4) is 0 Å². The molecule has 0 bridgehead atoms. The van der Waals surface area contributed by atoms with E-state index >= 15 is 0 Å². The fourth-order valence-electron chi connectivity index (χ4n) is 10.5. The van der Waals surface area contributed by atoms with E-state index in [1.807, 2.05) is 91.0 Å². The van der Waals surface area contributed by atoms with Crippen molar-refractivity contribution in [3.8, 4) is 74.3 Å². The van der Waals surface area contributed by atoms with Crippen molar-refractivity contribution >= 4 is 398 Å². The maximum absolute atomic E-state index is 11.9. The van der Waals surface area contributed by atoms with Crippen molar-refractivity contribution in [2.45, 2.75) is 44.8 Å². The Bertz CT molecular complexity index is 6040. The number of benzene rings is 8. The first kappa shape index (κ1) is 105. The van der Waals surface area contributed by atoms with Crippen molar-refractivity contribution in [2.24, 2.45) is 0 Å². The summed E-state index contributed by atoms with van der Waals surface area (Å²) in [5.41, 5.74) is 3.77. The number of alkyl halides is 30. The second-order valence-electron chi connectivity index (χ2n) is 24.8. The van der Waals surface area contributed by atoms with Crippen molar-refractivity contribution in [3.05, 3.63) is 227 Å². The van der Waals surface area contributed by atoms with E-state index in [0.717, 1.165) is 38.2 Å². The molecule has 8 aromatic carbocycles. The summed E-state index contributed by atoms with van der Waals surface area (Å²) in [6.45, 7) is 1.60. The van der Waals surface area contributed by atoms with Gasteiger partial charge in [-0.3, -0.25) is 4.79 Å². The van der Waals surface area contributed by atoms with Crippen LogP contribution in [-0.4, -0.2) is 109 Å². The molecule has 0 radical (unpaired) electrons. The number of carbonyl (C=O) groups is 1. The van der Waals surface area contributed by atoms with E-state index in [-0.39, 0.29) is 99.9 Å². The molecule has 13 aromatic rings. The predicted octanol–water partition coefficient (Wildman–Crippen LogP) is 29.9. The van der Waals surface area contributed by atoms with Gasteiger partial charge in [0.1, 0.15) is 17.2 Å². The highest BCUT2D eigenvalue weighted by molar-refractivity contribution is 6.71. The lowest BCUT2D eigenvalue weighted by Crippen LogP contribution is -2.16. The van der Waals surface area contributed by atoms with Crippen molar-refractivity contribution in [3.63, 3.8) is 0 Å². The van der Waals surface area contributed by atoms with E-state index in [9.17, 15) is 4.79 Å². The highest BCUT2D eigenvalue weighted by Gasteiger charge is 2.40. The monoisotopic (exact) mass is 2300 g/mol. The van der Waals surface area contributed by atoms with Gasteiger partial charge in [0, 0.05) is 38.6 Å². The van der Waals surface area contributed by atoms with Crippen LogP contribution >= 0.6 is 348 Å². The summed E-state index contributed by atoms with van der Waals surface area (Å²) in [4.78, 5) is 73.4. The van der Waals surface area contributed by atoms with Crippen molar-refractivity contribution < 1.29 is 28.5 Å². The molecule has 0 N–H and O–H groups in total. The number of hydrogen-bond donors (Lipinski definition) is 0. The predicted molar refractivity (Wildman–Crippen MR) is 517 cm³/mol. The normalized spacial score (nSPS) is 12.8. The van der Waals surface area contributed by atoms with Crippen LogP contribution in [0.2, 0.25) is 0 Å². The van der Waals surface area contributed by atoms with Gasteiger partial charge in [-0.25, -0.2) is 74.8 Å². The molecule has 662 valence electrons. The number of fused-ring (bicyclic) bond motifs is 4. The summed E-state index contributed by atoms with van der Waals surface area (Å²) in [7, 11) is 4.72. The molecule has 6 heterocycles. The fraction of sp³-hybridized carbons (Fsp3) is 0.200. The number of Topliss-reactive ketones (excluding diaryl/α,β-unsaturated/α-hetero) is 1. The summed E-state index contributed by atoms with van der Waals surface area (Å²) in [6, 6.07) is 45.6. The molecule has 0 aliphatic carbocycles. The van der Waals surface area contributed by atoms with Crippen LogP contribution in [0.4, 0.5) is 0 Å². The highest BCUT2D eigenvalue weighted by Crippen LogP contribution is 2.49. The number of nitrogens with zero attached hydrogens (tertiary/aromatic N) is 15. The topological polar surface area (TPSA) is 257 Å². The van der Waals surface area contributed by atoms with E-state index in [2.05, 4.69) is 74.8 Å². The number of hydrogen-bond acceptors (Lipinski definition) is 21. The van der Waals surface area contributed by atoms with Crippen molar-refractivity contribution in [1.29, 1.82) is 0 Å². The molecule has 51 heteroatoms. The number of rotatable bonds is 10. The Labute approximate surface area is 865 Å². The minimum Gasteiger partial charge on any atom is -0.497 e. The van der Waals surface area contributed by atoms with Crippen LogP contribution in [0.1, 0.15) is 86.9 Å². The smallest absolute Gasteiger partial charge is 0.250 e. The summed E-state index contributed by atoms with van der Waals surface area (Å²) in [6.07, 6.45) is 3.34. The first-order chi connectivity index (χ1) is 58.4. The molecule has 1 aliphatic rings. The summed E-state index contributed by atoms with van der Waals surface area (Å²) in [5, 5.41) is 5.11. The molecule has 0 unspecified atom stereocenters. The van der Waals surface area contributed by atoms with Crippen LogP contribution in [0.5, 0.6) is 28.7 Å². The van der Waals surface area contributed by atoms with Crippen LogP contribution in [0.15, 0.2) is 152 Å².